The van der Waals surface area contributed by atoms with E-state index in [1.807, 2.05) is 26.0 Å². The average molecular weight is 344 g/mol. The maximum atomic E-state index is 12.7. The predicted octanol–water partition coefficient (Wildman–Crippen LogP) is 1.86. The molecule has 2 aromatic heterocycles. The highest BCUT2D eigenvalue weighted by molar-refractivity contribution is 7.99. The lowest BCUT2D eigenvalue weighted by Gasteiger charge is -2.15. The zero-order valence-electron chi connectivity index (χ0n) is 13.8. The Bertz CT molecular complexity index is 804. The molecular weight excluding hydrogens is 324 g/mol. The third kappa shape index (κ3) is 3.36. The van der Waals surface area contributed by atoms with Crippen molar-refractivity contribution in [2.75, 3.05) is 5.75 Å². The van der Waals surface area contributed by atoms with E-state index >= 15 is 0 Å². The zero-order valence-corrected chi connectivity index (χ0v) is 14.6. The van der Waals surface area contributed by atoms with Gasteiger partial charge in [-0.25, -0.2) is 4.98 Å². The molecule has 1 amide bonds. The summed E-state index contributed by atoms with van der Waals surface area (Å²) in [4.78, 5) is 33.4. The van der Waals surface area contributed by atoms with Crippen LogP contribution in [0.15, 0.2) is 34.5 Å². The molecule has 3 heterocycles. The van der Waals surface area contributed by atoms with Gasteiger partial charge in [0.1, 0.15) is 0 Å². The number of hydrogen-bond acceptors (Lipinski definition) is 5. The number of aryl methyl sites for hydroxylation is 1. The minimum absolute atomic E-state index is 0.00457. The van der Waals surface area contributed by atoms with Crippen LogP contribution in [0.1, 0.15) is 36.2 Å². The van der Waals surface area contributed by atoms with E-state index in [0.717, 1.165) is 22.0 Å². The van der Waals surface area contributed by atoms with Crippen LogP contribution in [-0.4, -0.2) is 26.2 Å². The number of carbonyl (C=O) groups excluding carboxylic acids is 1. The van der Waals surface area contributed by atoms with E-state index in [1.165, 1.54) is 0 Å². The van der Waals surface area contributed by atoms with E-state index < -0.39 is 0 Å². The van der Waals surface area contributed by atoms with Crippen molar-refractivity contribution in [1.82, 2.24) is 19.9 Å². The Hall–Kier alpha value is -2.15. The molecule has 24 heavy (non-hydrogen) atoms. The quantitative estimate of drug-likeness (QED) is 0.838. The van der Waals surface area contributed by atoms with Crippen molar-refractivity contribution in [3.8, 4) is 0 Å². The van der Waals surface area contributed by atoms with Gasteiger partial charge in [0.25, 0.3) is 5.56 Å². The van der Waals surface area contributed by atoms with Gasteiger partial charge >= 0.3 is 0 Å². The summed E-state index contributed by atoms with van der Waals surface area (Å²) in [6, 6.07) is 3.62. The van der Waals surface area contributed by atoms with Gasteiger partial charge in [-0.15, -0.1) is 0 Å². The topological polar surface area (TPSA) is 76.9 Å². The van der Waals surface area contributed by atoms with Crippen molar-refractivity contribution >= 4 is 17.7 Å². The molecule has 0 bridgehead atoms. The van der Waals surface area contributed by atoms with Gasteiger partial charge in [0.2, 0.25) is 5.91 Å². The monoisotopic (exact) mass is 344 g/mol. The van der Waals surface area contributed by atoms with Crippen LogP contribution in [0.4, 0.5) is 0 Å². The molecule has 1 N–H and O–H groups in total. The number of pyridine rings is 1. The Morgan fingerprint density at radius 3 is 3.04 bits per heavy atom. The molecule has 1 atom stereocenters. The van der Waals surface area contributed by atoms with Crippen molar-refractivity contribution in [3.63, 3.8) is 0 Å². The summed E-state index contributed by atoms with van der Waals surface area (Å²) in [7, 11) is 0. The highest BCUT2D eigenvalue weighted by Gasteiger charge is 2.28. The fourth-order valence-corrected chi connectivity index (χ4v) is 4.05. The number of nitrogens with one attached hydrogen (secondary N) is 1. The summed E-state index contributed by atoms with van der Waals surface area (Å²) in [5.41, 5.74) is 2.48. The molecule has 2 aromatic rings. The molecule has 0 aliphatic carbocycles. The van der Waals surface area contributed by atoms with Gasteiger partial charge in [-0.2, -0.15) is 0 Å². The lowest BCUT2D eigenvalue weighted by atomic mass is 10.1. The summed E-state index contributed by atoms with van der Waals surface area (Å²) >= 11 is 1.54. The number of aromatic nitrogens is 3. The average Bonchev–Trinajstić information content (AvgIpc) is 2.97. The maximum absolute atomic E-state index is 12.7. The van der Waals surface area contributed by atoms with Crippen LogP contribution in [0, 0.1) is 6.92 Å². The van der Waals surface area contributed by atoms with Crippen molar-refractivity contribution in [1.29, 1.82) is 0 Å². The second-order valence-electron chi connectivity index (χ2n) is 5.79. The Morgan fingerprint density at radius 1 is 1.50 bits per heavy atom. The second-order valence-corrected chi connectivity index (χ2v) is 6.78. The Labute approximate surface area is 144 Å². The summed E-state index contributed by atoms with van der Waals surface area (Å²) < 4.78 is 1.69. The third-order valence-corrected chi connectivity index (χ3v) is 5.24. The van der Waals surface area contributed by atoms with Crippen LogP contribution >= 0.6 is 11.8 Å². The maximum Gasteiger partial charge on any atom is 0.257 e. The van der Waals surface area contributed by atoms with E-state index in [-0.39, 0.29) is 23.9 Å². The smallest absolute Gasteiger partial charge is 0.257 e. The first-order chi connectivity index (χ1) is 11.6. The van der Waals surface area contributed by atoms with Crippen molar-refractivity contribution in [2.24, 2.45) is 0 Å². The second kappa shape index (κ2) is 7.17. The van der Waals surface area contributed by atoms with Crippen LogP contribution in [0.3, 0.4) is 0 Å². The molecule has 0 spiro atoms. The number of rotatable bonds is 5. The van der Waals surface area contributed by atoms with Crippen LogP contribution < -0.4 is 10.9 Å². The predicted molar refractivity (Wildman–Crippen MR) is 93.1 cm³/mol. The standard InChI is InChI=1S/C17H20N4O2S/c1-3-14-11(2)20-17-21(16(14)23)13(10-24-17)7-15(22)19-9-12-5-4-6-18-8-12/h4-6,8,13H,3,7,9-10H2,1-2H3,(H,19,22). The Kier molecular flexibility index (Phi) is 4.99. The molecule has 0 radical (unpaired) electrons. The Morgan fingerprint density at radius 2 is 2.33 bits per heavy atom. The van der Waals surface area contributed by atoms with E-state index in [1.54, 1.807) is 28.7 Å². The molecule has 0 saturated heterocycles. The highest BCUT2D eigenvalue weighted by Crippen LogP contribution is 2.32. The number of carbonyl (C=O) groups is 1. The number of amides is 1. The first-order valence-electron chi connectivity index (χ1n) is 8.00. The van der Waals surface area contributed by atoms with E-state index in [0.29, 0.717) is 18.7 Å². The largest absolute Gasteiger partial charge is 0.352 e. The molecule has 126 valence electrons. The van der Waals surface area contributed by atoms with Crippen LogP contribution in [0.5, 0.6) is 0 Å². The SMILES string of the molecule is CCc1c(C)nc2n(c1=O)C(CC(=O)NCc1cccnc1)CS2. The van der Waals surface area contributed by atoms with Gasteiger partial charge in [-0.05, 0) is 25.0 Å². The summed E-state index contributed by atoms with van der Waals surface area (Å²) in [6.45, 7) is 4.27. The molecule has 0 fully saturated rings. The minimum atomic E-state index is -0.134. The molecule has 1 aliphatic rings. The Balaban J connectivity index is 1.70. The summed E-state index contributed by atoms with van der Waals surface area (Å²) in [5.74, 6) is 0.637. The number of nitrogens with zero attached hydrogens (tertiary/aromatic N) is 3. The molecule has 3 rings (SSSR count). The lowest BCUT2D eigenvalue weighted by Crippen LogP contribution is -2.32. The molecule has 1 aliphatic heterocycles. The van der Waals surface area contributed by atoms with Gasteiger partial charge in [0.05, 0.1) is 6.04 Å². The van der Waals surface area contributed by atoms with Crippen molar-refractivity contribution in [2.45, 2.75) is 44.4 Å². The third-order valence-electron chi connectivity index (χ3n) is 4.14. The van der Waals surface area contributed by atoms with Gasteiger partial charge in [0, 0.05) is 42.4 Å². The molecule has 1 unspecified atom stereocenters. The van der Waals surface area contributed by atoms with Gasteiger partial charge in [-0.3, -0.25) is 19.1 Å². The van der Waals surface area contributed by atoms with E-state index in [9.17, 15) is 9.59 Å². The number of thioether (sulfide) groups is 1. The summed E-state index contributed by atoms with van der Waals surface area (Å²) in [6.07, 6.45) is 4.37. The normalized spacial score (nSPS) is 16.0. The fraction of sp³-hybridized carbons (Fsp3) is 0.412. The van der Waals surface area contributed by atoms with Crippen molar-refractivity contribution in [3.05, 3.63) is 51.7 Å². The van der Waals surface area contributed by atoms with Crippen LogP contribution in [0.25, 0.3) is 0 Å². The van der Waals surface area contributed by atoms with Crippen LogP contribution in [-0.2, 0) is 17.8 Å². The van der Waals surface area contributed by atoms with Gasteiger partial charge in [0.15, 0.2) is 5.16 Å². The molecule has 0 aromatic carbocycles. The molecule has 7 heteroatoms. The summed E-state index contributed by atoms with van der Waals surface area (Å²) in [5, 5.41) is 3.61. The number of fused-ring (bicyclic) bond motifs is 1. The van der Waals surface area contributed by atoms with Gasteiger partial charge < -0.3 is 5.32 Å². The zero-order chi connectivity index (χ0) is 17.1. The van der Waals surface area contributed by atoms with E-state index in [4.69, 9.17) is 0 Å². The fourth-order valence-electron chi connectivity index (χ4n) is 2.87. The van der Waals surface area contributed by atoms with Gasteiger partial charge in [-0.1, -0.05) is 24.8 Å². The first kappa shape index (κ1) is 16.7. The number of hydrogen-bond donors (Lipinski definition) is 1. The van der Waals surface area contributed by atoms with E-state index in [2.05, 4.69) is 15.3 Å². The molecular formula is C17H20N4O2S. The van der Waals surface area contributed by atoms with Crippen molar-refractivity contribution < 1.29 is 4.79 Å². The molecule has 0 saturated carbocycles. The molecule has 6 nitrogen and oxygen atoms in total. The highest BCUT2D eigenvalue weighted by atomic mass is 32.2. The first-order valence-corrected chi connectivity index (χ1v) is 8.99. The minimum Gasteiger partial charge on any atom is -0.352 e. The lowest BCUT2D eigenvalue weighted by molar-refractivity contribution is -0.121. The van der Waals surface area contributed by atoms with Crippen LogP contribution in [0.2, 0.25) is 0 Å².